The second-order valence-electron chi connectivity index (χ2n) is 5.66. The number of aliphatic hydroxyl groups is 1. The van der Waals surface area contributed by atoms with E-state index in [2.05, 4.69) is 6.92 Å². The molecule has 0 radical (unpaired) electrons. The van der Waals surface area contributed by atoms with Gasteiger partial charge in [0, 0.05) is 12.0 Å². The van der Waals surface area contributed by atoms with E-state index in [0.29, 0.717) is 12.8 Å². The zero-order chi connectivity index (χ0) is 12.9. The van der Waals surface area contributed by atoms with Crippen molar-refractivity contribution in [2.75, 3.05) is 12.0 Å². The summed E-state index contributed by atoms with van der Waals surface area (Å²) in [6, 6.07) is 0. The van der Waals surface area contributed by atoms with E-state index < -0.39 is 15.4 Å². The van der Waals surface area contributed by atoms with Gasteiger partial charge in [-0.25, -0.2) is 8.42 Å². The molecule has 4 heteroatoms. The van der Waals surface area contributed by atoms with Crippen molar-refractivity contribution in [3.63, 3.8) is 0 Å². The lowest BCUT2D eigenvalue weighted by molar-refractivity contribution is 0.0149. The molecule has 1 fully saturated rings. The van der Waals surface area contributed by atoms with Gasteiger partial charge in [0.1, 0.15) is 9.84 Å². The Balaban J connectivity index is 2.40. The van der Waals surface area contributed by atoms with Gasteiger partial charge in [-0.05, 0) is 38.0 Å². The highest BCUT2D eigenvalue weighted by Gasteiger charge is 2.30. The highest BCUT2D eigenvalue weighted by molar-refractivity contribution is 7.90. The smallest absolute Gasteiger partial charge is 0.147 e. The van der Waals surface area contributed by atoms with Crippen LogP contribution in [0.3, 0.4) is 0 Å². The number of hydrogen-bond acceptors (Lipinski definition) is 3. The largest absolute Gasteiger partial charge is 0.390 e. The molecule has 1 rings (SSSR count). The van der Waals surface area contributed by atoms with Gasteiger partial charge in [-0.1, -0.05) is 26.2 Å². The molecule has 1 aliphatic carbocycles. The van der Waals surface area contributed by atoms with Crippen LogP contribution in [0.4, 0.5) is 0 Å². The van der Waals surface area contributed by atoms with E-state index in [4.69, 9.17) is 0 Å². The Morgan fingerprint density at radius 1 is 1.29 bits per heavy atom. The predicted octanol–water partition coefficient (Wildman–Crippen LogP) is 2.53. The van der Waals surface area contributed by atoms with Gasteiger partial charge in [-0.3, -0.25) is 0 Å². The van der Waals surface area contributed by atoms with Crippen molar-refractivity contribution < 1.29 is 13.5 Å². The van der Waals surface area contributed by atoms with E-state index in [1.165, 1.54) is 19.1 Å². The molecule has 1 saturated carbocycles. The fourth-order valence-corrected chi connectivity index (χ4v) is 3.45. The van der Waals surface area contributed by atoms with E-state index in [0.717, 1.165) is 31.6 Å². The van der Waals surface area contributed by atoms with Crippen LogP contribution < -0.4 is 0 Å². The zero-order valence-electron chi connectivity index (χ0n) is 11.1. The molecular formula is C13H26O3S. The second kappa shape index (κ2) is 6.19. The maximum Gasteiger partial charge on any atom is 0.147 e. The van der Waals surface area contributed by atoms with E-state index in [9.17, 15) is 13.5 Å². The first-order valence-corrected chi connectivity index (χ1v) is 8.81. The zero-order valence-corrected chi connectivity index (χ0v) is 11.9. The minimum Gasteiger partial charge on any atom is -0.390 e. The van der Waals surface area contributed by atoms with Gasteiger partial charge < -0.3 is 5.11 Å². The van der Waals surface area contributed by atoms with Crippen LogP contribution in [0.1, 0.15) is 58.3 Å². The minimum atomic E-state index is -2.89. The number of rotatable bonds is 5. The summed E-state index contributed by atoms with van der Waals surface area (Å²) in [4.78, 5) is 0. The Morgan fingerprint density at radius 3 is 2.59 bits per heavy atom. The van der Waals surface area contributed by atoms with Crippen LogP contribution >= 0.6 is 0 Å². The molecule has 0 heterocycles. The van der Waals surface area contributed by atoms with Crippen LogP contribution in [0, 0.1) is 5.92 Å². The van der Waals surface area contributed by atoms with Crippen molar-refractivity contribution >= 4 is 9.84 Å². The molecule has 102 valence electrons. The molecule has 0 bridgehead atoms. The molecule has 1 aliphatic rings. The molecule has 0 aromatic heterocycles. The molecule has 3 nitrogen and oxygen atoms in total. The van der Waals surface area contributed by atoms with Crippen molar-refractivity contribution in [3.8, 4) is 0 Å². The maximum absolute atomic E-state index is 11.1. The third kappa shape index (κ3) is 5.87. The lowest BCUT2D eigenvalue weighted by atomic mass is 9.89. The van der Waals surface area contributed by atoms with E-state index >= 15 is 0 Å². The van der Waals surface area contributed by atoms with E-state index in [1.807, 2.05) is 0 Å². The number of sulfone groups is 1. The lowest BCUT2D eigenvalue weighted by Crippen LogP contribution is -2.28. The van der Waals surface area contributed by atoms with Crippen LogP contribution in [0.25, 0.3) is 0 Å². The van der Waals surface area contributed by atoms with Crippen LogP contribution in [0.15, 0.2) is 0 Å². The molecular weight excluding hydrogens is 236 g/mol. The molecule has 0 aromatic carbocycles. The summed E-state index contributed by atoms with van der Waals surface area (Å²) in [6.45, 7) is 2.21. The maximum atomic E-state index is 11.1. The first-order chi connectivity index (χ1) is 7.85. The summed E-state index contributed by atoms with van der Waals surface area (Å²) >= 11 is 0. The van der Waals surface area contributed by atoms with Gasteiger partial charge in [-0.2, -0.15) is 0 Å². The molecule has 2 unspecified atom stereocenters. The summed E-state index contributed by atoms with van der Waals surface area (Å²) in [5.74, 6) is 0.950. The molecule has 0 spiro atoms. The Hall–Kier alpha value is -0.0900. The Bertz CT molecular complexity index is 324. The highest BCUT2D eigenvalue weighted by Crippen LogP contribution is 2.34. The molecule has 2 atom stereocenters. The Kier molecular flexibility index (Phi) is 5.45. The van der Waals surface area contributed by atoms with Crippen molar-refractivity contribution in [3.05, 3.63) is 0 Å². The third-order valence-electron chi connectivity index (χ3n) is 4.01. The predicted molar refractivity (Wildman–Crippen MR) is 70.8 cm³/mol. The van der Waals surface area contributed by atoms with Crippen molar-refractivity contribution in [2.45, 2.75) is 63.9 Å². The van der Waals surface area contributed by atoms with Crippen LogP contribution in [0.5, 0.6) is 0 Å². The second-order valence-corrected chi connectivity index (χ2v) is 7.92. The topological polar surface area (TPSA) is 54.4 Å². The van der Waals surface area contributed by atoms with Crippen LogP contribution in [-0.4, -0.2) is 31.1 Å². The van der Waals surface area contributed by atoms with Gasteiger partial charge >= 0.3 is 0 Å². The fourth-order valence-electron chi connectivity index (χ4n) is 2.78. The molecule has 0 aromatic rings. The standard InChI is InChI=1S/C13H26O3S/c1-3-12-6-4-8-13(14,10-7-12)9-5-11-17(2,15)16/h12,14H,3-11H2,1-2H3. The van der Waals surface area contributed by atoms with Crippen molar-refractivity contribution in [2.24, 2.45) is 5.92 Å². The molecule has 0 amide bonds. The van der Waals surface area contributed by atoms with Gasteiger partial charge in [0.05, 0.1) is 5.60 Å². The average molecular weight is 262 g/mol. The van der Waals surface area contributed by atoms with Gasteiger partial charge in [0.25, 0.3) is 0 Å². The van der Waals surface area contributed by atoms with Gasteiger partial charge in [0.2, 0.25) is 0 Å². The number of hydrogen-bond donors (Lipinski definition) is 1. The quantitative estimate of drug-likeness (QED) is 0.775. The van der Waals surface area contributed by atoms with Gasteiger partial charge in [0.15, 0.2) is 0 Å². The summed E-state index contributed by atoms with van der Waals surface area (Å²) in [6.07, 6.45) is 8.74. The molecule has 0 aliphatic heterocycles. The first-order valence-electron chi connectivity index (χ1n) is 6.75. The Morgan fingerprint density at radius 2 is 2.00 bits per heavy atom. The van der Waals surface area contributed by atoms with Gasteiger partial charge in [-0.15, -0.1) is 0 Å². The molecule has 17 heavy (non-hydrogen) atoms. The summed E-state index contributed by atoms with van der Waals surface area (Å²) in [7, 11) is -2.89. The molecule has 1 N–H and O–H groups in total. The monoisotopic (exact) mass is 262 g/mol. The van der Waals surface area contributed by atoms with Crippen molar-refractivity contribution in [1.29, 1.82) is 0 Å². The Labute approximate surface area is 106 Å². The lowest BCUT2D eigenvalue weighted by Gasteiger charge is -2.26. The summed E-state index contributed by atoms with van der Waals surface area (Å²) < 4.78 is 22.1. The first kappa shape index (κ1) is 15.0. The normalized spacial score (nSPS) is 31.1. The molecule has 0 saturated heterocycles. The third-order valence-corrected chi connectivity index (χ3v) is 5.04. The van der Waals surface area contributed by atoms with Crippen molar-refractivity contribution in [1.82, 2.24) is 0 Å². The highest BCUT2D eigenvalue weighted by atomic mass is 32.2. The van der Waals surface area contributed by atoms with E-state index in [1.54, 1.807) is 0 Å². The SMILES string of the molecule is CCC1CCCC(O)(CCCS(C)(=O)=O)CC1. The summed E-state index contributed by atoms with van der Waals surface area (Å²) in [5, 5.41) is 10.5. The summed E-state index contributed by atoms with van der Waals surface area (Å²) in [5.41, 5.74) is -0.603. The van der Waals surface area contributed by atoms with E-state index in [-0.39, 0.29) is 5.75 Å². The average Bonchev–Trinajstić information content (AvgIpc) is 2.38. The van der Waals surface area contributed by atoms with Crippen LogP contribution in [0.2, 0.25) is 0 Å². The van der Waals surface area contributed by atoms with Crippen LogP contribution in [-0.2, 0) is 9.84 Å². The minimum absolute atomic E-state index is 0.201. The fraction of sp³-hybridized carbons (Fsp3) is 1.00.